The van der Waals surface area contributed by atoms with Crippen LogP contribution in [-0.2, 0) is 7.05 Å². The molecule has 0 atom stereocenters. The van der Waals surface area contributed by atoms with Gasteiger partial charge in [-0.15, -0.1) is 0 Å². The summed E-state index contributed by atoms with van der Waals surface area (Å²) in [5.74, 6) is 0.335. The summed E-state index contributed by atoms with van der Waals surface area (Å²) in [6, 6.07) is 6.00. The van der Waals surface area contributed by atoms with Crippen LogP contribution in [0, 0.1) is 0 Å². The fourth-order valence-corrected chi connectivity index (χ4v) is 1.78. The lowest BCUT2D eigenvalue weighted by Gasteiger charge is -1.99. The number of aromatic nitrogens is 3. The third kappa shape index (κ3) is 1.18. The smallest absolute Gasteiger partial charge is 0.229 e. The average molecular weight is 214 g/mol. The number of anilines is 1. The molecule has 80 valence electrons. The maximum atomic E-state index is 5.68. The number of nitrogens with two attached hydrogens (primary N) is 1. The van der Waals surface area contributed by atoms with Crippen molar-refractivity contribution in [1.29, 1.82) is 0 Å². The average Bonchev–Trinajstić information content (AvgIpc) is 2.86. The molecular weight excluding hydrogens is 204 g/mol. The molecule has 0 fully saturated rings. The molecule has 0 saturated heterocycles. The van der Waals surface area contributed by atoms with E-state index in [0.29, 0.717) is 5.88 Å². The van der Waals surface area contributed by atoms with Gasteiger partial charge >= 0.3 is 0 Å². The van der Waals surface area contributed by atoms with Gasteiger partial charge in [0.2, 0.25) is 5.88 Å². The second-order valence-electron chi connectivity index (χ2n) is 3.65. The summed E-state index contributed by atoms with van der Waals surface area (Å²) in [5, 5.41) is 8.95. The Labute approximate surface area is 91.4 Å². The molecule has 3 rings (SSSR count). The van der Waals surface area contributed by atoms with E-state index in [-0.39, 0.29) is 0 Å². The minimum absolute atomic E-state index is 0.335. The molecule has 16 heavy (non-hydrogen) atoms. The van der Waals surface area contributed by atoms with Gasteiger partial charge in [0.25, 0.3) is 0 Å². The Morgan fingerprint density at radius 2 is 2.19 bits per heavy atom. The molecule has 0 aliphatic rings. The fourth-order valence-electron chi connectivity index (χ4n) is 1.78. The molecule has 2 aromatic heterocycles. The number of aryl methyl sites for hydroxylation is 1. The van der Waals surface area contributed by atoms with Gasteiger partial charge in [-0.25, -0.2) is 0 Å². The molecule has 0 unspecified atom stereocenters. The van der Waals surface area contributed by atoms with E-state index in [4.69, 9.17) is 10.3 Å². The van der Waals surface area contributed by atoms with Crippen molar-refractivity contribution in [1.82, 2.24) is 14.9 Å². The molecule has 2 heterocycles. The second-order valence-corrected chi connectivity index (χ2v) is 3.65. The topological polar surface area (TPSA) is 69.9 Å². The first-order valence-corrected chi connectivity index (χ1v) is 4.88. The zero-order chi connectivity index (χ0) is 11.1. The quantitative estimate of drug-likeness (QED) is 0.670. The van der Waals surface area contributed by atoms with Gasteiger partial charge in [0.05, 0.1) is 23.5 Å². The third-order valence-electron chi connectivity index (χ3n) is 2.66. The van der Waals surface area contributed by atoms with E-state index < -0.39 is 0 Å². The number of rotatable bonds is 1. The molecule has 5 nitrogen and oxygen atoms in total. The van der Waals surface area contributed by atoms with Crippen molar-refractivity contribution in [3.63, 3.8) is 0 Å². The normalized spacial score (nSPS) is 11.1. The lowest BCUT2D eigenvalue weighted by atomic mass is 10.1. The minimum atomic E-state index is 0.335. The molecule has 3 aromatic rings. The molecule has 0 amide bonds. The van der Waals surface area contributed by atoms with Crippen molar-refractivity contribution in [2.75, 3.05) is 5.73 Å². The number of hydrogen-bond donors (Lipinski definition) is 1. The van der Waals surface area contributed by atoms with Crippen LogP contribution in [0.25, 0.3) is 22.0 Å². The molecule has 0 aliphatic heterocycles. The molecule has 2 N–H and O–H groups in total. The van der Waals surface area contributed by atoms with Crippen LogP contribution in [0.2, 0.25) is 0 Å². The maximum Gasteiger partial charge on any atom is 0.229 e. The van der Waals surface area contributed by atoms with Crippen LogP contribution in [-0.4, -0.2) is 14.9 Å². The second kappa shape index (κ2) is 3.10. The highest BCUT2D eigenvalue weighted by atomic mass is 16.5. The predicted octanol–water partition coefficient (Wildman–Crippen LogP) is 1.81. The van der Waals surface area contributed by atoms with E-state index in [1.165, 1.54) is 0 Å². The van der Waals surface area contributed by atoms with Gasteiger partial charge in [0.15, 0.2) is 0 Å². The molecule has 0 bridgehead atoms. The van der Waals surface area contributed by atoms with Crippen LogP contribution in [0.1, 0.15) is 0 Å². The molecule has 0 spiro atoms. The van der Waals surface area contributed by atoms with E-state index in [0.717, 1.165) is 22.0 Å². The van der Waals surface area contributed by atoms with Gasteiger partial charge in [0.1, 0.15) is 0 Å². The number of benzene rings is 1. The predicted molar refractivity (Wildman–Crippen MR) is 60.6 cm³/mol. The van der Waals surface area contributed by atoms with Crippen LogP contribution in [0.15, 0.2) is 35.1 Å². The molecule has 1 aromatic carbocycles. The van der Waals surface area contributed by atoms with Crippen molar-refractivity contribution < 1.29 is 4.52 Å². The van der Waals surface area contributed by atoms with Gasteiger partial charge in [-0.1, -0.05) is 17.3 Å². The Hall–Kier alpha value is -2.30. The van der Waals surface area contributed by atoms with E-state index in [1.54, 1.807) is 6.20 Å². The van der Waals surface area contributed by atoms with E-state index >= 15 is 0 Å². The standard InChI is InChI=1S/C11H10N4O/c1-15-10-4-7(2-3-8(10)5-13-15)9-6-14-16-11(9)12/h2-6H,12H2,1H3. The van der Waals surface area contributed by atoms with Gasteiger partial charge < -0.3 is 10.3 Å². The summed E-state index contributed by atoms with van der Waals surface area (Å²) < 4.78 is 6.67. The van der Waals surface area contributed by atoms with E-state index in [1.807, 2.05) is 36.1 Å². The van der Waals surface area contributed by atoms with Crippen LogP contribution in [0.4, 0.5) is 5.88 Å². The highest BCUT2D eigenvalue weighted by Crippen LogP contribution is 2.28. The van der Waals surface area contributed by atoms with Gasteiger partial charge in [-0.05, 0) is 11.6 Å². The fraction of sp³-hybridized carbons (Fsp3) is 0.0909. The zero-order valence-electron chi connectivity index (χ0n) is 8.71. The first-order valence-electron chi connectivity index (χ1n) is 4.88. The summed E-state index contributed by atoms with van der Waals surface area (Å²) in [6.45, 7) is 0. The number of nitrogen functional groups attached to an aromatic ring is 1. The molecule has 0 radical (unpaired) electrons. The Balaban J connectivity index is 2.25. The van der Waals surface area contributed by atoms with Crippen molar-refractivity contribution >= 4 is 16.8 Å². The summed E-state index contributed by atoms with van der Waals surface area (Å²) in [6.07, 6.45) is 3.45. The highest BCUT2D eigenvalue weighted by Gasteiger charge is 2.08. The van der Waals surface area contributed by atoms with Crippen LogP contribution in [0.3, 0.4) is 0 Å². The number of nitrogens with zero attached hydrogens (tertiary/aromatic N) is 3. The first-order chi connectivity index (χ1) is 7.75. The summed E-state index contributed by atoms with van der Waals surface area (Å²) in [7, 11) is 1.91. The van der Waals surface area contributed by atoms with E-state index in [2.05, 4.69) is 10.3 Å². The number of fused-ring (bicyclic) bond motifs is 1. The van der Waals surface area contributed by atoms with Crippen molar-refractivity contribution in [2.24, 2.45) is 7.05 Å². The third-order valence-corrected chi connectivity index (χ3v) is 2.66. The van der Waals surface area contributed by atoms with Crippen molar-refractivity contribution in [3.8, 4) is 11.1 Å². The Bertz CT molecular complexity index is 653. The number of hydrogen-bond acceptors (Lipinski definition) is 4. The van der Waals surface area contributed by atoms with E-state index in [9.17, 15) is 0 Å². The van der Waals surface area contributed by atoms with Crippen molar-refractivity contribution in [3.05, 3.63) is 30.6 Å². The minimum Gasteiger partial charge on any atom is -0.367 e. The lowest BCUT2D eigenvalue weighted by molar-refractivity contribution is 0.436. The monoisotopic (exact) mass is 214 g/mol. The van der Waals surface area contributed by atoms with Gasteiger partial charge in [-0.3, -0.25) is 4.68 Å². The van der Waals surface area contributed by atoms with Crippen LogP contribution in [0.5, 0.6) is 0 Å². The van der Waals surface area contributed by atoms with Crippen molar-refractivity contribution in [2.45, 2.75) is 0 Å². The van der Waals surface area contributed by atoms with Crippen LogP contribution < -0.4 is 5.73 Å². The SMILES string of the molecule is Cn1ncc2ccc(-c3cnoc3N)cc21. The van der Waals surface area contributed by atoms with Gasteiger partial charge in [0, 0.05) is 12.4 Å². The van der Waals surface area contributed by atoms with Crippen LogP contribution >= 0.6 is 0 Å². The van der Waals surface area contributed by atoms with Gasteiger partial charge in [-0.2, -0.15) is 5.10 Å². The zero-order valence-corrected chi connectivity index (χ0v) is 8.71. The molecule has 0 saturated carbocycles. The summed E-state index contributed by atoms with van der Waals surface area (Å²) in [5.41, 5.74) is 8.52. The molecule has 5 heteroatoms. The highest BCUT2D eigenvalue weighted by molar-refractivity contribution is 5.85. The molecule has 0 aliphatic carbocycles. The summed E-state index contributed by atoms with van der Waals surface area (Å²) in [4.78, 5) is 0. The maximum absolute atomic E-state index is 5.68. The lowest BCUT2D eigenvalue weighted by Crippen LogP contribution is -1.89. The molecular formula is C11H10N4O. The Kier molecular flexibility index (Phi) is 1.73. The Morgan fingerprint density at radius 1 is 1.31 bits per heavy atom. The summed E-state index contributed by atoms with van der Waals surface area (Å²) >= 11 is 0. The Morgan fingerprint density at radius 3 is 2.94 bits per heavy atom. The largest absolute Gasteiger partial charge is 0.367 e. The first kappa shape index (κ1) is 8.96.